The largest absolute Gasteiger partial charge is 0.356 e. The number of benzene rings is 2. The van der Waals surface area contributed by atoms with Gasteiger partial charge in [-0.1, -0.05) is 48.2 Å². The molecule has 7 heteroatoms. The molecule has 1 heterocycles. The Morgan fingerprint density at radius 3 is 2.50 bits per heavy atom. The van der Waals surface area contributed by atoms with Crippen LogP contribution < -0.4 is 5.32 Å². The van der Waals surface area contributed by atoms with Crippen molar-refractivity contribution in [1.82, 2.24) is 20.1 Å². The van der Waals surface area contributed by atoms with Crippen molar-refractivity contribution in [3.63, 3.8) is 0 Å². The number of aromatic nitrogens is 3. The third kappa shape index (κ3) is 5.57. The molecule has 3 rings (SSSR count). The van der Waals surface area contributed by atoms with Crippen molar-refractivity contribution in [2.24, 2.45) is 0 Å². The summed E-state index contributed by atoms with van der Waals surface area (Å²) < 4.78 is 2.02. The van der Waals surface area contributed by atoms with Crippen LogP contribution in [0.5, 0.6) is 0 Å². The second-order valence-electron chi connectivity index (χ2n) is 7.17. The van der Waals surface area contributed by atoms with Crippen LogP contribution in [0.2, 0.25) is 0 Å². The first-order valence-corrected chi connectivity index (χ1v) is 10.9. The van der Waals surface area contributed by atoms with E-state index in [-0.39, 0.29) is 11.7 Å². The van der Waals surface area contributed by atoms with E-state index in [1.54, 1.807) is 0 Å². The number of carbonyl (C=O) groups excluding carboxylic acids is 2. The predicted molar refractivity (Wildman–Crippen MR) is 119 cm³/mol. The van der Waals surface area contributed by atoms with E-state index in [1.807, 2.05) is 41.0 Å². The van der Waals surface area contributed by atoms with Crippen molar-refractivity contribution in [1.29, 1.82) is 0 Å². The van der Waals surface area contributed by atoms with Crippen molar-refractivity contribution < 1.29 is 9.59 Å². The maximum Gasteiger partial charge on any atom is 0.216 e. The second kappa shape index (κ2) is 10.2. The lowest BCUT2D eigenvalue weighted by Crippen LogP contribution is -2.21. The molecule has 3 aromatic rings. The van der Waals surface area contributed by atoms with Crippen LogP contribution in [0.4, 0.5) is 0 Å². The summed E-state index contributed by atoms with van der Waals surface area (Å²) in [5.74, 6) is 1.13. The Morgan fingerprint density at radius 2 is 1.80 bits per heavy atom. The van der Waals surface area contributed by atoms with Gasteiger partial charge in [-0.05, 0) is 43.5 Å². The zero-order valence-electron chi connectivity index (χ0n) is 17.5. The number of thioether (sulfide) groups is 1. The van der Waals surface area contributed by atoms with Gasteiger partial charge in [0.05, 0.1) is 5.75 Å². The van der Waals surface area contributed by atoms with Gasteiger partial charge >= 0.3 is 0 Å². The number of hydrogen-bond acceptors (Lipinski definition) is 5. The smallest absolute Gasteiger partial charge is 0.216 e. The minimum Gasteiger partial charge on any atom is -0.356 e. The van der Waals surface area contributed by atoms with Crippen molar-refractivity contribution in [2.45, 2.75) is 38.8 Å². The fourth-order valence-electron chi connectivity index (χ4n) is 3.03. The standard InChI is InChI=1S/C23H26N4O2S/c1-16-11-12-20(14-17(16)2)27-22(10-7-13-24-18(3)28)25-26-23(27)30-15-21(29)19-8-5-4-6-9-19/h4-6,8-9,11-12,14H,7,10,13,15H2,1-3H3,(H,24,28). The van der Waals surface area contributed by atoms with E-state index >= 15 is 0 Å². The molecule has 0 bridgehead atoms. The van der Waals surface area contributed by atoms with E-state index in [1.165, 1.54) is 29.8 Å². The van der Waals surface area contributed by atoms with Gasteiger partial charge in [0.25, 0.3) is 0 Å². The van der Waals surface area contributed by atoms with E-state index in [9.17, 15) is 9.59 Å². The molecule has 0 atom stereocenters. The predicted octanol–water partition coefficient (Wildman–Crippen LogP) is 3.93. The van der Waals surface area contributed by atoms with Gasteiger partial charge in [0, 0.05) is 31.1 Å². The third-order valence-corrected chi connectivity index (χ3v) is 5.76. The van der Waals surface area contributed by atoms with Gasteiger partial charge in [-0.25, -0.2) is 0 Å². The van der Waals surface area contributed by atoms with E-state index in [2.05, 4.69) is 41.5 Å². The summed E-state index contributed by atoms with van der Waals surface area (Å²) in [4.78, 5) is 23.6. The van der Waals surface area contributed by atoms with Gasteiger partial charge in [0.15, 0.2) is 10.9 Å². The molecule has 156 valence electrons. The molecule has 6 nitrogen and oxygen atoms in total. The molecule has 1 N–H and O–H groups in total. The molecule has 0 saturated carbocycles. The quantitative estimate of drug-likeness (QED) is 0.321. The van der Waals surface area contributed by atoms with E-state index in [4.69, 9.17) is 0 Å². The summed E-state index contributed by atoms with van der Waals surface area (Å²) in [6.07, 6.45) is 1.43. The van der Waals surface area contributed by atoms with Gasteiger partial charge in [-0.3, -0.25) is 14.2 Å². The summed E-state index contributed by atoms with van der Waals surface area (Å²) in [5.41, 5.74) is 4.07. The van der Waals surface area contributed by atoms with Crippen molar-refractivity contribution in [3.8, 4) is 5.69 Å². The molecule has 0 unspecified atom stereocenters. The highest BCUT2D eigenvalue weighted by Crippen LogP contribution is 2.25. The van der Waals surface area contributed by atoms with E-state index < -0.39 is 0 Å². The highest BCUT2D eigenvalue weighted by Gasteiger charge is 2.17. The Morgan fingerprint density at radius 1 is 1.03 bits per heavy atom. The van der Waals surface area contributed by atoms with Gasteiger partial charge in [0.2, 0.25) is 5.91 Å². The fourth-order valence-corrected chi connectivity index (χ4v) is 3.89. The van der Waals surface area contributed by atoms with Gasteiger partial charge in [0.1, 0.15) is 5.82 Å². The van der Waals surface area contributed by atoms with Crippen LogP contribution in [0.25, 0.3) is 5.69 Å². The van der Waals surface area contributed by atoms with Crippen LogP contribution in [0.3, 0.4) is 0 Å². The van der Waals surface area contributed by atoms with Crippen LogP contribution in [0.1, 0.15) is 40.7 Å². The first kappa shape index (κ1) is 21.8. The SMILES string of the molecule is CC(=O)NCCCc1nnc(SCC(=O)c2ccccc2)n1-c1ccc(C)c(C)c1. The number of ketones is 1. The first-order chi connectivity index (χ1) is 14.5. The molecule has 2 aromatic carbocycles. The average molecular weight is 423 g/mol. The Hall–Kier alpha value is -2.93. The monoisotopic (exact) mass is 422 g/mol. The van der Waals surface area contributed by atoms with Crippen LogP contribution >= 0.6 is 11.8 Å². The van der Waals surface area contributed by atoms with E-state index in [0.717, 1.165) is 17.9 Å². The molecule has 0 radical (unpaired) electrons. The number of Topliss-reactive ketones (excluding diaryl/α,β-unsaturated/α-hetero) is 1. The Balaban J connectivity index is 1.81. The lowest BCUT2D eigenvalue weighted by molar-refractivity contribution is -0.118. The summed E-state index contributed by atoms with van der Waals surface area (Å²) in [6.45, 7) is 6.25. The fraction of sp³-hybridized carbons (Fsp3) is 0.304. The van der Waals surface area contributed by atoms with Crippen molar-refractivity contribution >= 4 is 23.5 Å². The van der Waals surface area contributed by atoms with Crippen LogP contribution in [0.15, 0.2) is 53.7 Å². The zero-order valence-corrected chi connectivity index (χ0v) is 18.3. The van der Waals surface area contributed by atoms with Crippen LogP contribution in [-0.4, -0.2) is 38.8 Å². The maximum atomic E-state index is 12.5. The Bertz CT molecular complexity index is 1030. The molecule has 0 aliphatic carbocycles. The molecule has 0 spiro atoms. The number of hydrogen-bond donors (Lipinski definition) is 1. The molecule has 0 fully saturated rings. The molecular formula is C23H26N4O2S. The summed E-state index contributed by atoms with van der Waals surface area (Å²) in [5, 5.41) is 12.2. The topological polar surface area (TPSA) is 76.9 Å². The molecule has 0 saturated heterocycles. The van der Waals surface area contributed by atoms with Gasteiger partial charge < -0.3 is 5.32 Å². The molecular weight excluding hydrogens is 396 g/mol. The normalized spacial score (nSPS) is 10.8. The van der Waals surface area contributed by atoms with Gasteiger partial charge in [-0.15, -0.1) is 10.2 Å². The summed E-state index contributed by atoms with van der Waals surface area (Å²) in [7, 11) is 0. The number of aryl methyl sites for hydroxylation is 3. The first-order valence-electron chi connectivity index (χ1n) is 9.93. The summed E-state index contributed by atoms with van der Waals surface area (Å²) >= 11 is 1.39. The van der Waals surface area contributed by atoms with Crippen LogP contribution in [-0.2, 0) is 11.2 Å². The Kier molecular flexibility index (Phi) is 7.41. The van der Waals surface area contributed by atoms with Crippen molar-refractivity contribution in [3.05, 3.63) is 71.0 Å². The lowest BCUT2D eigenvalue weighted by Gasteiger charge is -2.12. The summed E-state index contributed by atoms with van der Waals surface area (Å²) in [6, 6.07) is 15.5. The maximum absolute atomic E-state index is 12.5. The number of amides is 1. The van der Waals surface area contributed by atoms with Crippen LogP contribution in [0, 0.1) is 13.8 Å². The molecule has 1 amide bonds. The number of nitrogens with zero attached hydrogens (tertiary/aromatic N) is 3. The lowest BCUT2D eigenvalue weighted by atomic mass is 10.1. The minimum atomic E-state index is -0.0405. The second-order valence-corrected chi connectivity index (χ2v) is 8.11. The number of nitrogens with one attached hydrogen (secondary N) is 1. The van der Waals surface area contributed by atoms with Crippen molar-refractivity contribution in [2.75, 3.05) is 12.3 Å². The molecule has 1 aromatic heterocycles. The average Bonchev–Trinajstić information content (AvgIpc) is 3.14. The van der Waals surface area contributed by atoms with E-state index in [0.29, 0.717) is 29.4 Å². The number of carbonyl (C=O) groups is 2. The number of rotatable bonds is 9. The Labute approximate surface area is 181 Å². The zero-order chi connectivity index (χ0) is 21.5. The third-order valence-electron chi connectivity index (χ3n) is 4.83. The highest BCUT2D eigenvalue weighted by atomic mass is 32.2. The molecule has 0 aliphatic heterocycles. The molecule has 0 aliphatic rings. The highest BCUT2D eigenvalue weighted by molar-refractivity contribution is 7.99. The van der Waals surface area contributed by atoms with Gasteiger partial charge in [-0.2, -0.15) is 0 Å². The minimum absolute atomic E-state index is 0.0405. The molecule has 30 heavy (non-hydrogen) atoms.